The normalized spacial score (nSPS) is 17.7. The van der Waals surface area contributed by atoms with Crippen LogP contribution in [0.15, 0.2) is 12.4 Å². The third kappa shape index (κ3) is 2.34. The van der Waals surface area contributed by atoms with Gasteiger partial charge in [-0.25, -0.2) is 0 Å². The van der Waals surface area contributed by atoms with E-state index in [0.29, 0.717) is 0 Å². The summed E-state index contributed by atoms with van der Waals surface area (Å²) >= 11 is 1.86. The lowest BCUT2D eigenvalue weighted by Gasteiger charge is -2.33. The number of hydrogen-bond acceptors (Lipinski definition) is 3. The maximum Gasteiger partial charge on any atom is 0.0906 e. The zero-order chi connectivity index (χ0) is 9.19. The Kier molecular flexibility index (Phi) is 2.94. The molecule has 0 bridgehead atoms. The lowest BCUT2D eigenvalue weighted by molar-refractivity contribution is 0.171. The van der Waals surface area contributed by atoms with E-state index >= 15 is 0 Å². The van der Waals surface area contributed by atoms with Crippen LogP contribution in [0.1, 0.15) is 20.8 Å². The van der Waals surface area contributed by atoms with Crippen molar-refractivity contribution in [2.75, 3.05) is 18.8 Å². The third-order valence-corrected chi connectivity index (χ3v) is 2.54. The SMILES string of the molecule is CSCN1C=CN(C(C)(C)C)C1. The molecule has 0 unspecified atom stereocenters. The minimum absolute atomic E-state index is 0.254. The predicted molar refractivity (Wildman–Crippen MR) is 55.8 cm³/mol. The van der Waals surface area contributed by atoms with Crippen LogP contribution in [0, 0.1) is 0 Å². The Hall–Kier alpha value is -0.310. The summed E-state index contributed by atoms with van der Waals surface area (Å²) in [6, 6.07) is 0. The van der Waals surface area contributed by atoms with Crippen molar-refractivity contribution in [1.82, 2.24) is 9.80 Å². The van der Waals surface area contributed by atoms with Gasteiger partial charge in [-0.15, -0.1) is 11.8 Å². The van der Waals surface area contributed by atoms with Crippen molar-refractivity contribution in [1.29, 1.82) is 0 Å². The summed E-state index contributed by atoms with van der Waals surface area (Å²) in [5, 5.41) is 0. The molecule has 0 aliphatic carbocycles. The Morgan fingerprint density at radius 1 is 1.33 bits per heavy atom. The van der Waals surface area contributed by atoms with Crippen LogP contribution < -0.4 is 0 Å². The van der Waals surface area contributed by atoms with E-state index in [1.54, 1.807) is 0 Å². The number of nitrogens with zero attached hydrogens (tertiary/aromatic N) is 2. The summed E-state index contributed by atoms with van der Waals surface area (Å²) in [5.41, 5.74) is 0.254. The summed E-state index contributed by atoms with van der Waals surface area (Å²) < 4.78 is 0. The van der Waals surface area contributed by atoms with Crippen molar-refractivity contribution in [3.63, 3.8) is 0 Å². The maximum atomic E-state index is 2.35. The van der Waals surface area contributed by atoms with E-state index in [4.69, 9.17) is 0 Å². The van der Waals surface area contributed by atoms with Crippen LogP contribution in [-0.4, -0.2) is 34.1 Å². The molecule has 0 saturated carbocycles. The summed E-state index contributed by atoms with van der Waals surface area (Å²) in [4.78, 5) is 4.67. The molecule has 12 heavy (non-hydrogen) atoms. The molecule has 3 heteroatoms. The second-order valence-electron chi connectivity index (χ2n) is 4.09. The highest BCUT2D eigenvalue weighted by atomic mass is 32.2. The largest absolute Gasteiger partial charge is 0.354 e. The Morgan fingerprint density at radius 3 is 2.42 bits per heavy atom. The van der Waals surface area contributed by atoms with Gasteiger partial charge in [0.2, 0.25) is 0 Å². The van der Waals surface area contributed by atoms with Crippen molar-refractivity contribution in [2.45, 2.75) is 26.3 Å². The fraction of sp³-hybridized carbons (Fsp3) is 0.778. The number of hydrogen-bond donors (Lipinski definition) is 0. The first kappa shape index (κ1) is 9.78. The van der Waals surface area contributed by atoms with Gasteiger partial charge in [0.15, 0.2) is 0 Å². The molecule has 0 aromatic carbocycles. The van der Waals surface area contributed by atoms with Crippen molar-refractivity contribution in [3.8, 4) is 0 Å². The summed E-state index contributed by atoms with van der Waals surface area (Å²) in [5.74, 6) is 1.09. The van der Waals surface area contributed by atoms with E-state index in [0.717, 1.165) is 12.5 Å². The van der Waals surface area contributed by atoms with Crippen LogP contribution in [0.4, 0.5) is 0 Å². The van der Waals surface area contributed by atoms with Crippen molar-refractivity contribution >= 4 is 11.8 Å². The van der Waals surface area contributed by atoms with Crippen molar-refractivity contribution in [2.24, 2.45) is 0 Å². The second-order valence-corrected chi connectivity index (χ2v) is 4.92. The highest BCUT2D eigenvalue weighted by Gasteiger charge is 2.22. The minimum Gasteiger partial charge on any atom is -0.354 e. The molecule has 0 spiro atoms. The van der Waals surface area contributed by atoms with Gasteiger partial charge in [0.1, 0.15) is 0 Å². The molecule has 0 fully saturated rings. The lowest BCUT2D eigenvalue weighted by Crippen LogP contribution is -2.39. The summed E-state index contributed by atoms with van der Waals surface area (Å²) in [6.07, 6.45) is 6.48. The highest BCUT2D eigenvalue weighted by molar-refractivity contribution is 7.98. The Balaban J connectivity index is 2.42. The zero-order valence-corrected chi connectivity index (χ0v) is 9.19. The molecule has 0 N–H and O–H groups in total. The van der Waals surface area contributed by atoms with Crippen LogP contribution >= 0.6 is 11.8 Å². The fourth-order valence-corrected chi connectivity index (χ4v) is 1.65. The van der Waals surface area contributed by atoms with E-state index in [-0.39, 0.29) is 5.54 Å². The molecule has 1 rings (SSSR count). The molecule has 0 radical (unpaired) electrons. The quantitative estimate of drug-likeness (QED) is 0.652. The molecule has 1 aliphatic rings. The van der Waals surface area contributed by atoms with Gasteiger partial charge < -0.3 is 9.80 Å². The highest BCUT2D eigenvalue weighted by Crippen LogP contribution is 2.19. The molecular weight excluding hydrogens is 168 g/mol. The van der Waals surface area contributed by atoms with E-state index < -0.39 is 0 Å². The topological polar surface area (TPSA) is 6.48 Å². The standard InChI is InChI=1S/C9H18N2S/c1-9(2,3)11-6-5-10(7-11)8-12-4/h5-6H,7-8H2,1-4H3. The zero-order valence-electron chi connectivity index (χ0n) is 8.37. The Labute approximate surface area is 79.6 Å². The van der Waals surface area contributed by atoms with Crippen LogP contribution in [0.3, 0.4) is 0 Å². The van der Waals surface area contributed by atoms with Gasteiger partial charge in [0, 0.05) is 17.9 Å². The lowest BCUT2D eigenvalue weighted by atomic mass is 10.1. The fourth-order valence-electron chi connectivity index (χ4n) is 1.15. The van der Waals surface area contributed by atoms with Gasteiger partial charge in [0.05, 0.1) is 12.5 Å². The smallest absolute Gasteiger partial charge is 0.0906 e. The molecule has 1 heterocycles. The molecular formula is C9H18N2S. The molecule has 0 atom stereocenters. The molecule has 2 nitrogen and oxygen atoms in total. The number of rotatable bonds is 2. The third-order valence-electron chi connectivity index (χ3n) is 1.95. The molecule has 0 aromatic rings. The maximum absolute atomic E-state index is 2.35. The van der Waals surface area contributed by atoms with E-state index in [1.165, 1.54) is 0 Å². The monoisotopic (exact) mass is 186 g/mol. The first-order chi connectivity index (χ1) is 5.54. The second kappa shape index (κ2) is 3.60. The first-order valence-corrected chi connectivity index (χ1v) is 5.61. The predicted octanol–water partition coefficient (Wildman–Crippen LogP) is 2.15. The van der Waals surface area contributed by atoms with Gasteiger partial charge in [-0.3, -0.25) is 0 Å². The van der Waals surface area contributed by atoms with Gasteiger partial charge >= 0.3 is 0 Å². The van der Waals surface area contributed by atoms with Gasteiger partial charge in [-0.1, -0.05) is 0 Å². The van der Waals surface area contributed by atoms with Crippen LogP contribution in [0.5, 0.6) is 0 Å². The van der Waals surface area contributed by atoms with Gasteiger partial charge in [-0.05, 0) is 27.0 Å². The van der Waals surface area contributed by atoms with Crippen LogP contribution in [-0.2, 0) is 0 Å². The summed E-state index contributed by atoms with van der Waals surface area (Å²) in [7, 11) is 0. The van der Waals surface area contributed by atoms with Gasteiger partial charge in [-0.2, -0.15) is 0 Å². The Bertz CT molecular complexity index is 172. The van der Waals surface area contributed by atoms with E-state index in [2.05, 4.69) is 49.2 Å². The summed E-state index contributed by atoms with van der Waals surface area (Å²) in [6.45, 7) is 7.74. The van der Waals surface area contributed by atoms with Crippen LogP contribution in [0.25, 0.3) is 0 Å². The average Bonchev–Trinajstić information content (AvgIpc) is 2.35. The molecule has 0 saturated heterocycles. The van der Waals surface area contributed by atoms with Crippen molar-refractivity contribution in [3.05, 3.63) is 12.4 Å². The molecule has 0 amide bonds. The first-order valence-electron chi connectivity index (χ1n) is 4.22. The van der Waals surface area contributed by atoms with Gasteiger partial charge in [0.25, 0.3) is 0 Å². The van der Waals surface area contributed by atoms with Crippen LogP contribution in [0.2, 0.25) is 0 Å². The van der Waals surface area contributed by atoms with E-state index in [1.807, 2.05) is 11.8 Å². The number of thioether (sulfide) groups is 1. The van der Waals surface area contributed by atoms with E-state index in [9.17, 15) is 0 Å². The molecule has 0 aromatic heterocycles. The Morgan fingerprint density at radius 2 is 2.00 bits per heavy atom. The average molecular weight is 186 g/mol. The molecule has 1 aliphatic heterocycles. The molecule has 70 valence electrons. The van der Waals surface area contributed by atoms with Crippen molar-refractivity contribution < 1.29 is 0 Å². The minimum atomic E-state index is 0.254.